The Hall–Kier alpha value is -0.530. The highest BCUT2D eigenvalue weighted by Gasteiger charge is 2.35. The van der Waals surface area contributed by atoms with E-state index in [-0.39, 0.29) is 5.41 Å². The molecule has 0 heterocycles. The van der Waals surface area contributed by atoms with Gasteiger partial charge < -0.3 is 5.11 Å². The van der Waals surface area contributed by atoms with Crippen LogP contribution in [0, 0.1) is 16.7 Å². The first-order valence-corrected chi connectivity index (χ1v) is 7.45. The van der Waals surface area contributed by atoms with Crippen molar-refractivity contribution < 1.29 is 9.90 Å². The SMILES string of the molecule is CC(C)(CCC(=O)O)CC(C)(C)C1CCCCC1. The Bertz CT molecular complexity index is 273. The molecule has 0 saturated heterocycles. The third-order valence-corrected chi connectivity index (χ3v) is 4.66. The second kappa shape index (κ2) is 6.08. The molecular formula is C16H30O2. The molecule has 0 aromatic rings. The van der Waals surface area contributed by atoms with E-state index in [0.717, 1.165) is 18.8 Å². The lowest BCUT2D eigenvalue weighted by atomic mass is 9.63. The molecule has 0 aromatic heterocycles. The normalized spacial score (nSPS) is 18.9. The summed E-state index contributed by atoms with van der Waals surface area (Å²) in [6, 6.07) is 0. The highest BCUT2D eigenvalue weighted by molar-refractivity contribution is 5.66. The van der Waals surface area contributed by atoms with Crippen LogP contribution in [-0.4, -0.2) is 11.1 Å². The Morgan fingerprint density at radius 2 is 1.67 bits per heavy atom. The molecule has 0 aromatic carbocycles. The van der Waals surface area contributed by atoms with Crippen molar-refractivity contribution in [2.45, 2.75) is 79.1 Å². The number of hydrogen-bond acceptors (Lipinski definition) is 1. The maximum atomic E-state index is 10.7. The van der Waals surface area contributed by atoms with Crippen molar-refractivity contribution in [3.63, 3.8) is 0 Å². The molecule has 1 aliphatic carbocycles. The zero-order chi connectivity index (χ0) is 13.8. The predicted octanol–water partition coefficient (Wildman–Crippen LogP) is 4.87. The molecule has 1 N–H and O–H groups in total. The predicted molar refractivity (Wildman–Crippen MR) is 75.6 cm³/mol. The third-order valence-electron chi connectivity index (χ3n) is 4.66. The molecule has 1 aliphatic rings. The van der Waals surface area contributed by atoms with E-state index >= 15 is 0 Å². The summed E-state index contributed by atoms with van der Waals surface area (Å²) in [5.41, 5.74) is 0.488. The lowest BCUT2D eigenvalue weighted by Gasteiger charge is -2.42. The molecule has 18 heavy (non-hydrogen) atoms. The molecule has 1 rings (SSSR count). The van der Waals surface area contributed by atoms with E-state index in [9.17, 15) is 4.79 Å². The van der Waals surface area contributed by atoms with Crippen molar-refractivity contribution in [2.24, 2.45) is 16.7 Å². The van der Waals surface area contributed by atoms with E-state index in [1.807, 2.05) is 0 Å². The zero-order valence-corrected chi connectivity index (χ0v) is 12.6. The van der Waals surface area contributed by atoms with Gasteiger partial charge in [-0.15, -0.1) is 0 Å². The summed E-state index contributed by atoms with van der Waals surface area (Å²) in [5, 5.41) is 8.82. The molecule has 0 bridgehead atoms. The van der Waals surface area contributed by atoms with Crippen molar-refractivity contribution >= 4 is 5.97 Å². The van der Waals surface area contributed by atoms with E-state index in [0.29, 0.717) is 11.8 Å². The van der Waals surface area contributed by atoms with E-state index < -0.39 is 5.97 Å². The van der Waals surface area contributed by atoms with Gasteiger partial charge in [0.05, 0.1) is 0 Å². The molecule has 0 unspecified atom stereocenters. The molecule has 0 radical (unpaired) electrons. The van der Waals surface area contributed by atoms with Gasteiger partial charge >= 0.3 is 5.97 Å². The van der Waals surface area contributed by atoms with Crippen molar-refractivity contribution in [1.82, 2.24) is 0 Å². The Morgan fingerprint density at radius 1 is 1.11 bits per heavy atom. The summed E-state index contributed by atoms with van der Waals surface area (Å²) in [5.74, 6) is 0.161. The molecule has 2 nitrogen and oxygen atoms in total. The lowest BCUT2D eigenvalue weighted by Crippen LogP contribution is -2.32. The van der Waals surface area contributed by atoms with Crippen LogP contribution in [0.2, 0.25) is 0 Å². The van der Waals surface area contributed by atoms with Gasteiger partial charge in [0, 0.05) is 6.42 Å². The van der Waals surface area contributed by atoms with Gasteiger partial charge in [-0.25, -0.2) is 0 Å². The number of carbonyl (C=O) groups is 1. The fraction of sp³-hybridized carbons (Fsp3) is 0.938. The van der Waals surface area contributed by atoms with Gasteiger partial charge in [-0.3, -0.25) is 4.79 Å². The van der Waals surface area contributed by atoms with Gasteiger partial charge in [-0.1, -0.05) is 47.0 Å². The fourth-order valence-electron chi connectivity index (χ4n) is 3.80. The third kappa shape index (κ3) is 4.99. The van der Waals surface area contributed by atoms with Gasteiger partial charge in [0.1, 0.15) is 0 Å². The van der Waals surface area contributed by atoms with Crippen LogP contribution in [0.4, 0.5) is 0 Å². The van der Waals surface area contributed by atoms with Crippen molar-refractivity contribution in [1.29, 1.82) is 0 Å². The molecule has 0 amide bonds. The molecule has 106 valence electrons. The van der Waals surface area contributed by atoms with Crippen molar-refractivity contribution in [3.8, 4) is 0 Å². The highest BCUT2D eigenvalue weighted by atomic mass is 16.4. The van der Waals surface area contributed by atoms with Crippen LogP contribution in [0.1, 0.15) is 79.1 Å². The molecule has 0 atom stereocenters. The maximum absolute atomic E-state index is 10.7. The van der Waals surface area contributed by atoms with Crippen LogP contribution in [0.5, 0.6) is 0 Å². The zero-order valence-electron chi connectivity index (χ0n) is 12.6. The van der Waals surface area contributed by atoms with Gasteiger partial charge in [-0.05, 0) is 42.4 Å². The van der Waals surface area contributed by atoms with Crippen LogP contribution < -0.4 is 0 Å². The standard InChI is InChI=1S/C16H30O2/c1-15(2,11-10-14(17)18)12-16(3,4)13-8-6-5-7-9-13/h13H,5-12H2,1-4H3,(H,17,18). The summed E-state index contributed by atoms with van der Waals surface area (Å²) in [6.45, 7) is 9.21. The molecular weight excluding hydrogens is 224 g/mol. The smallest absolute Gasteiger partial charge is 0.303 e. The first kappa shape index (κ1) is 15.5. The Balaban J connectivity index is 2.53. The Labute approximate surface area is 112 Å². The second-order valence-electron chi connectivity index (χ2n) is 7.56. The van der Waals surface area contributed by atoms with Gasteiger partial charge in [-0.2, -0.15) is 0 Å². The monoisotopic (exact) mass is 254 g/mol. The van der Waals surface area contributed by atoms with E-state index in [2.05, 4.69) is 27.7 Å². The number of carboxylic acid groups (broad SMARTS) is 1. The van der Waals surface area contributed by atoms with Crippen molar-refractivity contribution in [3.05, 3.63) is 0 Å². The molecule has 0 aliphatic heterocycles. The van der Waals surface area contributed by atoms with Crippen LogP contribution in [0.25, 0.3) is 0 Å². The minimum Gasteiger partial charge on any atom is -0.481 e. The van der Waals surface area contributed by atoms with Crippen LogP contribution in [-0.2, 0) is 4.79 Å². The second-order valence-corrected chi connectivity index (χ2v) is 7.56. The first-order valence-electron chi connectivity index (χ1n) is 7.45. The molecule has 2 heteroatoms. The summed E-state index contributed by atoms with van der Waals surface area (Å²) in [7, 11) is 0. The molecule has 1 fully saturated rings. The van der Waals surface area contributed by atoms with Crippen LogP contribution >= 0.6 is 0 Å². The van der Waals surface area contributed by atoms with E-state index in [1.165, 1.54) is 32.1 Å². The fourth-order valence-corrected chi connectivity index (χ4v) is 3.80. The largest absolute Gasteiger partial charge is 0.481 e. The number of rotatable bonds is 6. The summed E-state index contributed by atoms with van der Waals surface area (Å²) < 4.78 is 0. The number of aliphatic carboxylic acids is 1. The number of hydrogen-bond donors (Lipinski definition) is 1. The summed E-state index contributed by atoms with van der Waals surface area (Å²) in [4.78, 5) is 10.7. The van der Waals surface area contributed by atoms with E-state index in [1.54, 1.807) is 0 Å². The Morgan fingerprint density at radius 3 is 2.17 bits per heavy atom. The highest BCUT2D eigenvalue weighted by Crippen LogP contribution is 2.46. The van der Waals surface area contributed by atoms with Gasteiger partial charge in [0.15, 0.2) is 0 Å². The van der Waals surface area contributed by atoms with Crippen LogP contribution in [0.3, 0.4) is 0 Å². The topological polar surface area (TPSA) is 37.3 Å². The maximum Gasteiger partial charge on any atom is 0.303 e. The van der Waals surface area contributed by atoms with Crippen molar-refractivity contribution in [2.75, 3.05) is 0 Å². The summed E-state index contributed by atoms with van der Waals surface area (Å²) in [6.07, 6.45) is 9.11. The summed E-state index contributed by atoms with van der Waals surface area (Å²) >= 11 is 0. The van der Waals surface area contributed by atoms with Crippen LogP contribution in [0.15, 0.2) is 0 Å². The van der Waals surface area contributed by atoms with Gasteiger partial charge in [0.2, 0.25) is 0 Å². The number of carboxylic acids is 1. The average molecular weight is 254 g/mol. The quantitative estimate of drug-likeness (QED) is 0.734. The lowest BCUT2D eigenvalue weighted by molar-refractivity contribution is -0.137. The first-order chi connectivity index (χ1) is 8.23. The average Bonchev–Trinajstić information content (AvgIpc) is 2.26. The molecule has 0 spiro atoms. The Kier molecular flexibility index (Phi) is 5.24. The van der Waals surface area contributed by atoms with E-state index in [4.69, 9.17) is 5.11 Å². The minimum atomic E-state index is -0.668. The molecule has 1 saturated carbocycles. The minimum absolute atomic E-state index is 0.138. The van der Waals surface area contributed by atoms with Gasteiger partial charge in [0.25, 0.3) is 0 Å².